The zero-order chi connectivity index (χ0) is 57.1. The fraction of sp³-hybridized carbons (Fsp3) is 0.526. The van der Waals surface area contributed by atoms with Gasteiger partial charge in [-0.25, -0.2) is 9.37 Å². The number of halogens is 1. The van der Waals surface area contributed by atoms with Crippen LogP contribution in [0.4, 0.5) is 10.1 Å². The molecular weight excluding hydrogens is 1040 g/mol. The van der Waals surface area contributed by atoms with Gasteiger partial charge >= 0.3 is 0 Å². The normalized spacial score (nSPS) is 16.1. The van der Waals surface area contributed by atoms with E-state index in [-0.39, 0.29) is 88.3 Å². The van der Waals surface area contributed by atoms with Gasteiger partial charge in [-0.15, -0.1) is 11.3 Å². The van der Waals surface area contributed by atoms with Gasteiger partial charge in [0.1, 0.15) is 17.9 Å². The number of hydrogen-bond acceptors (Lipinski definition) is 14. The van der Waals surface area contributed by atoms with Gasteiger partial charge in [-0.2, -0.15) is 0 Å². The van der Waals surface area contributed by atoms with E-state index in [9.17, 15) is 38.3 Å². The van der Waals surface area contributed by atoms with Crippen molar-refractivity contribution in [1.82, 2.24) is 41.0 Å². The molecule has 0 radical (unpaired) electrons. The molecule has 4 heterocycles. The first-order valence-corrected chi connectivity index (χ1v) is 27.9. The van der Waals surface area contributed by atoms with Crippen molar-refractivity contribution in [2.45, 2.75) is 98.9 Å². The number of aromatic amines is 1. The lowest BCUT2D eigenvalue weighted by Crippen LogP contribution is -2.57. The number of benzene rings is 2. The minimum absolute atomic E-state index is 0.00723. The second kappa shape index (κ2) is 30.3. The molecular formula is C57H78FN9O11S. The second-order valence-electron chi connectivity index (χ2n) is 20.7. The molecule has 0 aliphatic carbocycles. The van der Waals surface area contributed by atoms with Gasteiger partial charge in [0, 0.05) is 74.6 Å². The molecule has 1 fully saturated rings. The number of anilines is 1. The first-order chi connectivity index (χ1) is 37.8. The highest BCUT2D eigenvalue weighted by molar-refractivity contribution is 7.13. The minimum atomic E-state index is -0.945. The van der Waals surface area contributed by atoms with Crippen LogP contribution in [0, 0.1) is 32.0 Å². The second-order valence-corrected chi connectivity index (χ2v) is 21.5. The van der Waals surface area contributed by atoms with Crippen molar-refractivity contribution in [3.05, 3.63) is 93.1 Å². The van der Waals surface area contributed by atoms with Crippen LogP contribution in [0.5, 0.6) is 0 Å². The van der Waals surface area contributed by atoms with Crippen LogP contribution in [0.2, 0.25) is 0 Å². The van der Waals surface area contributed by atoms with Gasteiger partial charge in [-0.3, -0.25) is 28.8 Å². The number of ether oxygens (including phenoxy) is 4. The van der Waals surface area contributed by atoms with Crippen LogP contribution in [0.15, 0.2) is 48.0 Å². The smallest absolute Gasteiger partial charge is 0.256 e. The van der Waals surface area contributed by atoms with Crippen molar-refractivity contribution in [2.24, 2.45) is 5.41 Å². The molecule has 2 aliphatic heterocycles. The first-order valence-electron chi connectivity index (χ1n) is 27.0. The van der Waals surface area contributed by atoms with E-state index in [1.165, 1.54) is 23.1 Å². The summed E-state index contributed by atoms with van der Waals surface area (Å²) in [7, 11) is 0. The van der Waals surface area contributed by atoms with Crippen molar-refractivity contribution < 1.29 is 57.2 Å². The Kier molecular flexibility index (Phi) is 23.7. The summed E-state index contributed by atoms with van der Waals surface area (Å²) in [5, 5.41) is 25.0. The number of H-pyrrole nitrogens is 1. The van der Waals surface area contributed by atoms with E-state index in [2.05, 4.69) is 41.5 Å². The van der Waals surface area contributed by atoms with Crippen molar-refractivity contribution in [3.63, 3.8) is 0 Å². The number of aliphatic hydroxyl groups excluding tert-OH is 1. The maximum atomic E-state index is 14.0. The number of carbonyl (C=O) groups is 6. The third-order valence-corrected chi connectivity index (χ3v) is 14.6. The highest BCUT2D eigenvalue weighted by atomic mass is 32.1. The number of carbonyl (C=O) groups excluding carboxylic acids is 6. The number of aromatic nitrogens is 2. The van der Waals surface area contributed by atoms with Crippen LogP contribution < -0.4 is 26.6 Å². The highest BCUT2D eigenvalue weighted by Gasteiger charge is 2.44. The number of β-amino-alcohol motifs (C(OH)–C–C–N with tert-alkyl or cyclic N) is 1. The quantitative estimate of drug-likeness (QED) is 0.0262. The van der Waals surface area contributed by atoms with Gasteiger partial charge in [0.25, 0.3) is 11.8 Å². The number of nitrogens with one attached hydrogen (secondary N) is 6. The predicted octanol–water partition coefficient (Wildman–Crippen LogP) is 4.91. The Hall–Kier alpha value is -6.40. The first kappa shape index (κ1) is 61.8. The molecule has 2 aliphatic rings. The molecule has 3 atom stereocenters. The number of aryl methyl sites for hydroxylation is 2. The van der Waals surface area contributed by atoms with Crippen LogP contribution in [0.3, 0.4) is 0 Å². The molecule has 6 amide bonds. The Morgan fingerprint density at radius 3 is 2.18 bits per heavy atom. The average molecular weight is 1120 g/mol. The van der Waals surface area contributed by atoms with Crippen LogP contribution >= 0.6 is 11.3 Å². The van der Waals surface area contributed by atoms with Gasteiger partial charge in [0.05, 0.1) is 86.2 Å². The van der Waals surface area contributed by atoms with Crippen molar-refractivity contribution in [2.75, 3.05) is 97.4 Å². The minimum Gasteiger partial charge on any atom is -0.391 e. The summed E-state index contributed by atoms with van der Waals surface area (Å²) in [6.07, 6.45) is 1.79. The molecule has 430 valence electrons. The maximum absolute atomic E-state index is 14.0. The Morgan fingerprint density at radius 2 is 1.54 bits per heavy atom. The largest absolute Gasteiger partial charge is 0.391 e. The van der Waals surface area contributed by atoms with E-state index in [0.29, 0.717) is 91.8 Å². The Balaban J connectivity index is 0.749. The fourth-order valence-electron chi connectivity index (χ4n) is 9.27. The molecule has 22 heteroatoms. The molecule has 4 aromatic rings. The molecule has 79 heavy (non-hydrogen) atoms. The van der Waals surface area contributed by atoms with Crippen LogP contribution in [-0.4, -0.2) is 171 Å². The summed E-state index contributed by atoms with van der Waals surface area (Å²) < 4.78 is 36.2. The van der Waals surface area contributed by atoms with Crippen molar-refractivity contribution in [3.8, 4) is 10.4 Å². The lowest BCUT2D eigenvalue weighted by molar-refractivity contribution is -0.144. The lowest BCUT2D eigenvalue weighted by atomic mass is 9.85. The van der Waals surface area contributed by atoms with E-state index in [1.807, 2.05) is 65.8 Å². The third kappa shape index (κ3) is 18.3. The summed E-state index contributed by atoms with van der Waals surface area (Å²) in [5.41, 5.74) is 7.79. The number of amides is 6. The average Bonchev–Trinajstić information content (AvgIpc) is 4.33. The molecule has 6 rings (SSSR count). The van der Waals surface area contributed by atoms with Gasteiger partial charge in [-0.1, -0.05) is 52.0 Å². The number of likely N-dealkylation sites (tertiary alicyclic amines) is 1. The summed E-state index contributed by atoms with van der Waals surface area (Å²) >= 11 is 1.57. The zero-order valence-electron chi connectivity index (χ0n) is 46.5. The number of rotatable bonds is 31. The third-order valence-electron chi connectivity index (χ3n) is 13.7. The van der Waals surface area contributed by atoms with Crippen LogP contribution in [0.1, 0.15) is 97.5 Å². The molecule has 0 spiro atoms. The number of likely N-dealkylation sites (N-methyl/N-ethyl adjacent to an activating group) is 1. The number of hydrogen-bond donors (Lipinski definition) is 7. The van der Waals surface area contributed by atoms with Gasteiger partial charge in [0.2, 0.25) is 23.6 Å². The lowest BCUT2D eigenvalue weighted by Gasteiger charge is -2.35. The molecule has 0 bridgehead atoms. The van der Waals surface area contributed by atoms with E-state index in [0.717, 1.165) is 34.8 Å². The topological polar surface area (TPSA) is 255 Å². The molecule has 7 N–H and O–H groups in total. The van der Waals surface area contributed by atoms with Crippen LogP contribution in [-0.2, 0) is 49.5 Å². The van der Waals surface area contributed by atoms with E-state index in [4.69, 9.17) is 18.9 Å². The summed E-state index contributed by atoms with van der Waals surface area (Å²) in [6.45, 7) is 18.6. The summed E-state index contributed by atoms with van der Waals surface area (Å²) in [4.78, 5) is 90.8. The Bertz CT molecular complexity index is 2740. The summed E-state index contributed by atoms with van der Waals surface area (Å²) in [5.74, 6) is -2.31. The number of nitrogens with zero attached hydrogens (tertiary/aromatic N) is 3. The van der Waals surface area contributed by atoms with Crippen molar-refractivity contribution in [1.29, 1.82) is 0 Å². The van der Waals surface area contributed by atoms with Gasteiger partial charge in [-0.05, 0) is 86.7 Å². The molecule has 0 saturated carbocycles. The van der Waals surface area contributed by atoms with E-state index >= 15 is 0 Å². The van der Waals surface area contributed by atoms with Gasteiger partial charge < -0.3 is 65.4 Å². The molecule has 20 nitrogen and oxygen atoms in total. The number of thiazole rings is 1. The zero-order valence-corrected chi connectivity index (χ0v) is 47.3. The monoisotopic (exact) mass is 1120 g/mol. The predicted molar refractivity (Wildman–Crippen MR) is 299 cm³/mol. The Morgan fingerprint density at radius 1 is 0.886 bits per heavy atom. The van der Waals surface area contributed by atoms with Crippen molar-refractivity contribution >= 4 is 64.1 Å². The summed E-state index contributed by atoms with van der Waals surface area (Å²) in [6, 6.07) is 10.1. The van der Waals surface area contributed by atoms with Crippen LogP contribution in [0.25, 0.3) is 22.1 Å². The SMILES string of the molecule is CCN(CCCNC(=O)c1c(C)[nH]c(/C=C2\C(=O)Nc3ccc(F)cc32)c1C)CCNC(=O)CCOCCOCCOCCOCCC(=O)N[C@H](C(=O)N1C[C@H](O)C[C@H]1C(=O)NCc1ccc(-c2scnc2C)cc1)C(C)(C)C. The number of aliphatic hydroxyl groups is 1. The molecule has 1 saturated heterocycles. The molecule has 2 aromatic heterocycles. The maximum Gasteiger partial charge on any atom is 0.256 e. The Labute approximate surface area is 465 Å². The van der Waals surface area contributed by atoms with Gasteiger partial charge in [0.15, 0.2) is 0 Å². The number of fused-ring (bicyclic) bond motifs is 1. The molecule has 0 unspecified atom stereocenters. The van der Waals surface area contributed by atoms with E-state index < -0.39 is 35.3 Å². The van der Waals surface area contributed by atoms with E-state index in [1.54, 1.807) is 29.8 Å². The standard InChI is InChI=1S/C57H78FN9O11S/c1-8-66(20-9-18-60-55(73)50-36(2)46(63-37(50)3)32-44-43-30-41(58)14-15-45(43)64-53(44)71)21-19-59-48(69)16-22-75-24-26-77-28-29-78-27-25-76-23-17-49(70)65-52(57(5,6)7)56(74)67-34-42(68)31-47(67)54(72)61-33-39-10-12-40(13-11-39)51-38(4)62-35-79-51/h10-15,30,32,35,42,47,52,63,68H,8-9,16-29,31,33-34H2,1-7H3,(H,59,69)(H,60,73)(H,61,72)(H,64,71)(H,65,70)/b44-32-/t42-,47+,52-/m1/s1. The highest BCUT2D eigenvalue weighted by Crippen LogP contribution is 2.35. The fourth-order valence-corrected chi connectivity index (χ4v) is 10.1. The molecule has 2 aromatic carbocycles.